The van der Waals surface area contributed by atoms with Crippen molar-refractivity contribution in [2.24, 2.45) is 0 Å². The molecule has 0 heterocycles. The molecule has 0 amide bonds. The molecule has 0 aliphatic carbocycles. The van der Waals surface area contributed by atoms with Gasteiger partial charge in [-0.05, 0) is 0 Å². The van der Waals surface area contributed by atoms with Crippen LogP contribution in [0.15, 0.2) is 24.3 Å². The van der Waals surface area contributed by atoms with Crippen LogP contribution in [0.3, 0.4) is 0 Å². The molecule has 0 saturated heterocycles. The van der Waals surface area contributed by atoms with Crippen molar-refractivity contribution in [3.05, 3.63) is 29.3 Å². The third kappa shape index (κ3) is 2.24. The van der Waals surface area contributed by atoms with Crippen LogP contribution in [0.2, 0.25) is 5.02 Å². The summed E-state index contributed by atoms with van der Waals surface area (Å²) >= 11 is 0.480. The summed E-state index contributed by atoms with van der Waals surface area (Å²) in [6, 6.07) is 5.99. The van der Waals surface area contributed by atoms with Crippen molar-refractivity contribution in [2.45, 2.75) is 0 Å². The van der Waals surface area contributed by atoms with Crippen molar-refractivity contribution < 1.29 is 9.79 Å². The van der Waals surface area contributed by atoms with Crippen molar-refractivity contribution >= 4 is 34.7 Å². The Bertz CT molecular complexity index is 306. The summed E-state index contributed by atoms with van der Waals surface area (Å²) in [7, 11) is 0. The van der Waals surface area contributed by atoms with E-state index in [1.807, 2.05) is 0 Å². The van der Waals surface area contributed by atoms with E-state index >= 15 is 0 Å². The van der Waals surface area contributed by atoms with Gasteiger partial charge in [0.15, 0.2) is 0 Å². The minimum atomic E-state index is -5.06. The summed E-state index contributed by atoms with van der Waals surface area (Å²) in [5.74, 6) is 0. The Morgan fingerprint density at radius 3 is 2.18 bits per heavy atom. The van der Waals surface area contributed by atoms with Crippen LogP contribution in [-0.2, 0) is 3.02 Å². The fourth-order valence-electron chi connectivity index (χ4n) is 0.688. The van der Waals surface area contributed by atoms with Crippen LogP contribution in [0.4, 0.5) is 0 Å². The molecule has 0 radical (unpaired) electrons. The van der Waals surface area contributed by atoms with Gasteiger partial charge in [-0.3, -0.25) is 0 Å². The Kier molecular flexibility index (Phi) is 2.65. The third-order valence-corrected chi connectivity index (χ3v) is 4.79. The van der Waals surface area contributed by atoms with Gasteiger partial charge in [-0.1, -0.05) is 0 Å². The van der Waals surface area contributed by atoms with Crippen LogP contribution < -0.4 is 3.51 Å². The third-order valence-electron chi connectivity index (χ3n) is 1.17. The second-order valence-corrected chi connectivity index (χ2v) is 6.88. The van der Waals surface area contributed by atoms with E-state index in [1.165, 1.54) is 12.1 Å². The number of hydrogen-bond acceptors (Lipinski definition) is 1. The summed E-state index contributed by atoms with van der Waals surface area (Å²) in [5, 5.41) is 0.138. The molecule has 0 atom stereocenters. The van der Waals surface area contributed by atoms with Crippen molar-refractivity contribution in [3.63, 3.8) is 0 Å². The molecule has 0 fully saturated rings. The van der Waals surface area contributed by atoms with Gasteiger partial charge < -0.3 is 0 Å². The predicted molar refractivity (Wildman–Crippen MR) is 42.0 cm³/mol. The monoisotopic (exact) mass is 282 g/mol. The zero-order valence-corrected chi connectivity index (χ0v) is 8.75. The molecular weight excluding hydrogens is 277 g/mol. The maximum absolute atomic E-state index is 10.8. The Hall–Kier alpha value is 0.0482. The number of hydrogen-bond donors (Lipinski definition) is 2. The van der Waals surface area contributed by atoms with Gasteiger partial charge in [0.1, 0.15) is 0 Å². The molecule has 1 rings (SSSR count). The van der Waals surface area contributed by atoms with E-state index < -0.39 is 19.6 Å². The zero-order valence-electron chi connectivity index (χ0n) is 5.44. The topological polar surface area (TPSA) is 57.5 Å². The molecule has 60 valence electrons. The average Bonchev–Trinajstić information content (AvgIpc) is 1.86. The second kappa shape index (κ2) is 3.19. The first-order valence-corrected chi connectivity index (χ1v) is 7.80. The minimum absolute atomic E-state index is 0.0346. The van der Waals surface area contributed by atoms with E-state index in [-0.39, 0.29) is 8.53 Å². The van der Waals surface area contributed by atoms with Crippen molar-refractivity contribution in [3.8, 4) is 0 Å². The fourth-order valence-corrected chi connectivity index (χ4v) is 3.37. The van der Waals surface area contributed by atoms with E-state index in [4.69, 9.17) is 18.4 Å². The molecule has 0 aliphatic rings. The summed E-state index contributed by atoms with van der Waals surface area (Å²) < 4.78 is 28.3. The molecule has 3 nitrogen and oxygen atoms in total. The summed E-state index contributed by atoms with van der Waals surface area (Å²) in [6.07, 6.45) is 0. The normalized spacial score (nSPS) is 11.5. The van der Waals surface area contributed by atoms with Crippen LogP contribution in [0.5, 0.6) is 0 Å². The van der Waals surface area contributed by atoms with Gasteiger partial charge in [0.2, 0.25) is 0 Å². The van der Waals surface area contributed by atoms with Gasteiger partial charge in [0.25, 0.3) is 0 Å². The second-order valence-electron chi connectivity index (χ2n) is 2.00. The molecule has 5 heteroatoms. The van der Waals surface area contributed by atoms with E-state index in [0.717, 1.165) is 0 Å². The molecule has 0 aliphatic heterocycles. The Morgan fingerprint density at radius 1 is 1.27 bits per heavy atom. The van der Waals surface area contributed by atoms with Crippen LogP contribution in [-0.4, -0.2) is 26.4 Å². The first kappa shape index (κ1) is 9.14. The summed E-state index contributed by atoms with van der Waals surface area (Å²) in [4.78, 5) is 0. The molecule has 0 unspecified atom stereocenters. The van der Waals surface area contributed by atoms with Gasteiger partial charge in [0, 0.05) is 0 Å². The van der Waals surface area contributed by atoms with Gasteiger partial charge in [0.05, 0.1) is 0 Å². The fraction of sp³-hybridized carbons (Fsp3) is 0. The molecule has 0 aromatic heterocycles. The summed E-state index contributed by atoms with van der Waals surface area (Å²) in [6.45, 7) is 0. The standard InChI is InChI=1S/C6H4Cl.2H2O.O.Sb/c7-6-4-2-1-3-5-6;;;;/h1-4H;2*1H2;;/q;;;;+2/p-2. The van der Waals surface area contributed by atoms with Crippen LogP contribution in [0.25, 0.3) is 0 Å². The molecule has 2 N–H and O–H groups in total. The van der Waals surface area contributed by atoms with E-state index in [1.54, 1.807) is 12.1 Å². The van der Waals surface area contributed by atoms with E-state index in [9.17, 15) is 3.02 Å². The number of halogens is 1. The van der Waals surface area contributed by atoms with Gasteiger partial charge in [-0.15, -0.1) is 0 Å². The summed E-state index contributed by atoms with van der Waals surface area (Å²) in [5.41, 5.74) is 0. The molecule has 1 aromatic carbocycles. The van der Waals surface area contributed by atoms with Crippen LogP contribution in [0, 0.1) is 0 Å². The van der Waals surface area contributed by atoms with Crippen LogP contribution in [0.1, 0.15) is 0 Å². The van der Waals surface area contributed by atoms with Crippen LogP contribution >= 0.6 is 11.6 Å². The first-order valence-electron chi connectivity index (χ1n) is 2.82. The maximum atomic E-state index is 10.8. The van der Waals surface area contributed by atoms with E-state index in [2.05, 4.69) is 0 Å². The molecule has 1 aromatic rings. The molecule has 0 bridgehead atoms. The predicted octanol–water partition coefficient (Wildman–Crippen LogP) is -0.0990. The zero-order chi connectivity index (χ0) is 8.48. The first-order chi connectivity index (χ1) is 5.02. The molecule has 11 heavy (non-hydrogen) atoms. The van der Waals surface area contributed by atoms with Crippen molar-refractivity contribution in [2.75, 3.05) is 0 Å². The van der Waals surface area contributed by atoms with Gasteiger partial charge >= 0.3 is 73.8 Å². The SMILES string of the molecule is [O]=[Sb]([OH])([OH])[c]1ccccc1Cl. The quantitative estimate of drug-likeness (QED) is 0.708. The van der Waals surface area contributed by atoms with Gasteiger partial charge in [-0.2, -0.15) is 0 Å². The van der Waals surface area contributed by atoms with E-state index in [0.29, 0.717) is 0 Å². The number of benzene rings is 1. The van der Waals surface area contributed by atoms with Crippen molar-refractivity contribution in [1.29, 1.82) is 0 Å². The Balaban J connectivity index is 3.25. The molecule has 0 spiro atoms. The Morgan fingerprint density at radius 2 is 1.82 bits per heavy atom. The Labute approximate surface area is 73.8 Å². The van der Waals surface area contributed by atoms with Gasteiger partial charge in [-0.25, -0.2) is 0 Å². The molecule has 0 saturated carbocycles. The molecular formula is C6H6ClO3Sb. The van der Waals surface area contributed by atoms with Crippen molar-refractivity contribution in [1.82, 2.24) is 0 Å². The average molecular weight is 283 g/mol. The number of rotatable bonds is 1.